The van der Waals surface area contributed by atoms with E-state index in [9.17, 15) is 4.79 Å². The number of hydrogen-bond donors (Lipinski definition) is 0. The molecule has 0 aliphatic heterocycles. The van der Waals surface area contributed by atoms with E-state index in [2.05, 4.69) is 22.3 Å². The van der Waals surface area contributed by atoms with Crippen molar-refractivity contribution in [1.82, 2.24) is 14.8 Å². The zero-order chi connectivity index (χ0) is 24.6. The lowest BCUT2D eigenvalue weighted by atomic mass is 10.0. The van der Waals surface area contributed by atoms with Crippen LogP contribution in [0.3, 0.4) is 0 Å². The number of hydrogen-bond acceptors (Lipinski definition) is 6. The van der Waals surface area contributed by atoms with E-state index in [1.54, 1.807) is 7.11 Å². The monoisotopic (exact) mass is 487 g/mol. The Morgan fingerprint density at radius 1 is 0.943 bits per heavy atom. The normalized spacial score (nSPS) is 10.9. The number of nitrogens with zero attached hydrogens (tertiary/aromatic N) is 3. The molecule has 0 spiro atoms. The van der Waals surface area contributed by atoms with Crippen LogP contribution < -0.4 is 4.74 Å². The van der Waals surface area contributed by atoms with Crippen LogP contribution in [0.15, 0.2) is 78.0 Å². The Morgan fingerprint density at radius 2 is 1.71 bits per heavy atom. The van der Waals surface area contributed by atoms with Crippen LogP contribution in [0.1, 0.15) is 27.3 Å². The van der Waals surface area contributed by atoms with Crippen molar-refractivity contribution in [3.63, 3.8) is 0 Å². The third kappa shape index (κ3) is 6.18. The van der Waals surface area contributed by atoms with Crippen molar-refractivity contribution in [1.29, 1.82) is 0 Å². The van der Waals surface area contributed by atoms with Crippen LogP contribution in [-0.2, 0) is 17.9 Å². The fraction of sp³-hybridized carbons (Fsp3) is 0.250. The Kier molecular flexibility index (Phi) is 8.34. The summed E-state index contributed by atoms with van der Waals surface area (Å²) in [6, 6.07) is 23.9. The summed E-state index contributed by atoms with van der Waals surface area (Å²) in [7, 11) is 1.66. The minimum Gasteiger partial charge on any atom is -0.485 e. The average molecular weight is 488 g/mol. The minimum absolute atomic E-state index is 0.0639. The topological polar surface area (TPSA) is 66.2 Å². The Morgan fingerprint density at radius 3 is 2.49 bits per heavy atom. The maximum absolute atomic E-state index is 12.8. The number of carbonyl (C=O) groups is 1. The van der Waals surface area contributed by atoms with E-state index in [0.29, 0.717) is 29.7 Å². The van der Waals surface area contributed by atoms with E-state index in [1.807, 2.05) is 79.1 Å². The summed E-state index contributed by atoms with van der Waals surface area (Å²) in [5, 5.41) is 9.39. The predicted octanol–water partition coefficient (Wildman–Crippen LogP) is 5.76. The van der Waals surface area contributed by atoms with E-state index in [0.717, 1.165) is 22.4 Å². The molecule has 0 saturated carbocycles. The molecule has 4 rings (SSSR count). The molecule has 180 valence electrons. The predicted molar refractivity (Wildman–Crippen MR) is 139 cm³/mol. The SMILES string of the molecule is COCCn1c(COc2ccccc2-c2ccccc2)nnc1SCC(=O)c1ccc(C)c(C)c1. The molecule has 0 atom stereocenters. The summed E-state index contributed by atoms with van der Waals surface area (Å²) in [6.45, 7) is 5.39. The Balaban J connectivity index is 1.48. The van der Waals surface area contributed by atoms with Crippen LogP contribution >= 0.6 is 11.8 Å². The second kappa shape index (κ2) is 11.8. The lowest BCUT2D eigenvalue weighted by molar-refractivity contribution is 0.102. The van der Waals surface area contributed by atoms with Crippen LogP contribution in [0.25, 0.3) is 11.1 Å². The molecule has 1 heterocycles. The lowest BCUT2D eigenvalue weighted by Gasteiger charge is -2.13. The molecular weight excluding hydrogens is 458 g/mol. The first-order valence-electron chi connectivity index (χ1n) is 11.5. The molecule has 0 unspecified atom stereocenters. The van der Waals surface area contributed by atoms with Gasteiger partial charge in [-0.25, -0.2) is 0 Å². The first-order valence-corrected chi connectivity index (χ1v) is 12.5. The van der Waals surface area contributed by atoms with Crippen LogP contribution in [-0.4, -0.2) is 40.0 Å². The van der Waals surface area contributed by atoms with E-state index < -0.39 is 0 Å². The lowest BCUT2D eigenvalue weighted by Crippen LogP contribution is -2.13. The molecule has 0 fully saturated rings. The van der Waals surface area contributed by atoms with E-state index in [-0.39, 0.29) is 18.1 Å². The number of ketones is 1. The van der Waals surface area contributed by atoms with Crippen molar-refractivity contribution < 1.29 is 14.3 Å². The first-order chi connectivity index (χ1) is 17.1. The van der Waals surface area contributed by atoms with Gasteiger partial charge in [-0.15, -0.1) is 10.2 Å². The summed E-state index contributed by atoms with van der Waals surface area (Å²) < 4.78 is 13.4. The highest BCUT2D eigenvalue weighted by Crippen LogP contribution is 2.30. The summed E-state index contributed by atoms with van der Waals surface area (Å²) in [6.07, 6.45) is 0. The van der Waals surface area contributed by atoms with Gasteiger partial charge in [-0.05, 0) is 42.7 Å². The molecule has 0 radical (unpaired) electrons. The number of ether oxygens (including phenoxy) is 2. The number of Topliss-reactive ketones (excluding diaryl/α,β-unsaturated/α-hetero) is 1. The number of aryl methyl sites for hydroxylation is 2. The molecule has 0 N–H and O–H groups in total. The van der Waals surface area contributed by atoms with Gasteiger partial charge in [0.2, 0.25) is 0 Å². The Bertz CT molecular complexity index is 1290. The number of benzene rings is 3. The van der Waals surface area contributed by atoms with Gasteiger partial charge in [0.05, 0.1) is 12.4 Å². The van der Waals surface area contributed by atoms with Crippen molar-refractivity contribution in [2.45, 2.75) is 32.2 Å². The highest BCUT2D eigenvalue weighted by Gasteiger charge is 2.16. The highest BCUT2D eigenvalue weighted by atomic mass is 32.2. The third-order valence-corrected chi connectivity index (χ3v) is 6.77. The van der Waals surface area contributed by atoms with Gasteiger partial charge in [0.15, 0.2) is 16.8 Å². The standard InChI is InChI=1S/C28H29N3O3S/c1-20-13-14-23(17-21(20)2)25(32)19-35-28-30-29-27(31(28)15-16-33-3)18-34-26-12-8-7-11-24(26)22-9-5-4-6-10-22/h4-14,17H,15-16,18-19H2,1-3H3. The molecule has 6 nitrogen and oxygen atoms in total. The molecule has 0 amide bonds. The van der Waals surface area contributed by atoms with Gasteiger partial charge in [0.1, 0.15) is 12.4 Å². The molecule has 3 aromatic carbocycles. The van der Waals surface area contributed by atoms with Gasteiger partial charge in [0, 0.05) is 24.8 Å². The summed E-state index contributed by atoms with van der Waals surface area (Å²) in [5.41, 5.74) is 5.10. The van der Waals surface area contributed by atoms with E-state index >= 15 is 0 Å². The van der Waals surface area contributed by atoms with Crippen LogP contribution in [0, 0.1) is 13.8 Å². The molecule has 35 heavy (non-hydrogen) atoms. The van der Waals surface area contributed by atoms with Crippen molar-refractivity contribution in [3.05, 3.63) is 95.3 Å². The molecule has 0 aliphatic rings. The fourth-order valence-corrected chi connectivity index (χ4v) is 4.54. The van der Waals surface area contributed by atoms with E-state index in [4.69, 9.17) is 9.47 Å². The van der Waals surface area contributed by atoms with Gasteiger partial charge < -0.3 is 14.0 Å². The molecular formula is C28H29N3O3S. The molecule has 0 aliphatic carbocycles. The van der Waals surface area contributed by atoms with Crippen molar-refractivity contribution >= 4 is 17.5 Å². The molecule has 4 aromatic rings. The third-order valence-electron chi connectivity index (χ3n) is 5.80. The van der Waals surface area contributed by atoms with Crippen LogP contribution in [0.5, 0.6) is 5.75 Å². The van der Waals surface area contributed by atoms with Crippen molar-refractivity contribution in [3.8, 4) is 16.9 Å². The highest BCUT2D eigenvalue weighted by molar-refractivity contribution is 7.99. The zero-order valence-electron chi connectivity index (χ0n) is 20.2. The van der Waals surface area contributed by atoms with Gasteiger partial charge in [-0.3, -0.25) is 4.79 Å². The number of para-hydroxylation sites is 1. The fourth-order valence-electron chi connectivity index (χ4n) is 3.66. The summed E-state index contributed by atoms with van der Waals surface area (Å²) >= 11 is 1.38. The second-order valence-corrected chi connectivity index (χ2v) is 9.15. The molecule has 0 bridgehead atoms. The largest absolute Gasteiger partial charge is 0.485 e. The van der Waals surface area contributed by atoms with Gasteiger partial charge in [-0.2, -0.15) is 0 Å². The molecule has 0 saturated heterocycles. The van der Waals surface area contributed by atoms with Gasteiger partial charge >= 0.3 is 0 Å². The maximum atomic E-state index is 12.8. The number of aromatic nitrogens is 3. The number of thioether (sulfide) groups is 1. The molecule has 7 heteroatoms. The van der Waals surface area contributed by atoms with Crippen LogP contribution in [0.4, 0.5) is 0 Å². The smallest absolute Gasteiger partial charge is 0.191 e. The second-order valence-electron chi connectivity index (χ2n) is 8.20. The average Bonchev–Trinajstić information content (AvgIpc) is 3.28. The summed E-state index contributed by atoms with van der Waals surface area (Å²) in [5.74, 6) is 1.81. The van der Waals surface area contributed by atoms with Gasteiger partial charge in [0.25, 0.3) is 0 Å². The number of methoxy groups -OCH3 is 1. The summed E-state index contributed by atoms with van der Waals surface area (Å²) in [4.78, 5) is 12.8. The van der Waals surface area contributed by atoms with Crippen LogP contribution in [0.2, 0.25) is 0 Å². The number of carbonyl (C=O) groups excluding carboxylic acids is 1. The Labute approximate surface area is 210 Å². The van der Waals surface area contributed by atoms with E-state index in [1.165, 1.54) is 17.3 Å². The van der Waals surface area contributed by atoms with Crippen molar-refractivity contribution in [2.75, 3.05) is 19.5 Å². The maximum Gasteiger partial charge on any atom is 0.191 e. The number of rotatable bonds is 11. The minimum atomic E-state index is 0.0639. The quantitative estimate of drug-likeness (QED) is 0.198. The molecule has 1 aromatic heterocycles. The Hall–Kier alpha value is -3.42. The van der Waals surface area contributed by atoms with Gasteiger partial charge in [-0.1, -0.05) is 72.4 Å². The zero-order valence-corrected chi connectivity index (χ0v) is 21.0. The first kappa shape index (κ1) is 24.7. The van der Waals surface area contributed by atoms with Crippen molar-refractivity contribution in [2.24, 2.45) is 0 Å².